The molecule has 0 aliphatic carbocycles. The van der Waals surface area contributed by atoms with Crippen LogP contribution >= 0.6 is 0 Å². The van der Waals surface area contributed by atoms with Crippen LogP contribution in [0.15, 0.2) is 72.8 Å². The fourth-order valence-electron chi connectivity index (χ4n) is 3.22. The Bertz CT molecular complexity index is 925. The number of rotatable bonds is 9. The van der Waals surface area contributed by atoms with Crippen molar-refractivity contribution >= 4 is 5.97 Å². The summed E-state index contributed by atoms with van der Waals surface area (Å²) in [4.78, 5) is 12.5. The Morgan fingerprint density at radius 2 is 1.43 bits per heavy atom. The van der Waals surface area contributed by atoms with Crippen molar-refractivity contribution in [3.63, 3.8) is 0 Å². The molecule has 3 heteroatoms. The first-order valence-corrected chi connectivity index (χ1v) is 10.7. The number of hydrogen-bond donors (Lipinski definition) is 0. The van der Waals surface area contributed by atoms with Crippen molar-refractivity contribution in [3.8, 4) is 16.9 Å². The summed E-state index contributed by atoms with van der Waals surface area (Å²) >= 11 is 0. The number of hydrogen-bond acceptors (Lipinski definition) is 3. The summed E-state index contributed by atoms with van der Waals surface area (Å²) in [7, 11) is 0. The van der Waals surface area contributed by atoms with Crippen molar-refractivity contribution in [1.82, 2.24) is 0 Å². The summed E-state index contributed by atoms with van der Waals surface area (Å²) in [5.41, 5.74) is 4.86. The maximum Gasteiger partial charge on any atom is 0.338 e. The van der Waals surface area contributed by atoms with E-state index >= 15 is 0 Å². The molecule has 0 aliphatic rings. The summed E-state index contributed by atoms with van der Waals surface area (Å²) in [6.07, 6.45) is 3.17. The lowest BCUT2D eigenvalue weighted by Crippen LogP contribution is -2.09. The SMILES string of the molecule is CCCCCOc1ccc(-c2ccc(C(=O)OC(C)c3ccc(C)cc3)cc2)cc1. The van der Waals surface area contributed by atoms with Gasteiger partial charge >= 0.3 is 5.97 Å². The number of esters is 1. The monoisotopic (exact) mass is 402 g/mol. The highest BCUT2D eigenvalue weighted by Crippen LogP contribution is 2.24. The van der Waals surface area contributed by atoms with Gasteiger partial charge in [-0.05, 0) is 61.2 Å². The molecular weight excluding hydrogens is 372 g/mol. The fraction of sp³-hybridized carbons (Fsp3) is 0.296. The van der Waals surface area contributed by atoms with Crippen LogP contribution in [0.3, 0.4) is 0 Å². The van der Waals surface area contributed by atoms with Crippen LogP contribution in [0.25, 0.3) is 11.1 Å². The van der Waals surface area contributed by atoms with Crippen molar-refractivity contribution in [1.29, 1.82) is 0 Å². The lowest BCUT2D eigenvalue weighted by molar-refractivity contribution is 0.0338. The van der Waals surface area contributed by atoms with Crippen LogP contribution in [0.1, 0.15) is 60.7 Å². The van der Waals surface area contributed by atoms with Crippen molar-refractivity contribution in [2.75, 3.05) is 6.61 Å². The number of carbonyl (C=O) groups is 1. The standard InChI is InChI=1S/C27H30O3/c1-4-5-6-19-29-26-17-15-24(16-18-26)23-11-13-25(14-12-23)27(28)30-21(3)22-9-7-20(2)8-10-22/h7-18,21H,4-6,19H2,1-3H3. The van der Waals surface area contributed by atoms with E-state index in [0.717, 1.165) is 35.5 Å². The highest BCUT2D eigenvalue weighted by molar-refractivity contribution is 5.90. The van der Waals surface area contributed by atoms with E-state index in [9.17, 15) is 4.79 Å². The van der Waals surface area contributed by atoms with Gasteiger partial charge in [0.1, 0.15) is 11.9 Å². The van der Waals surface area contributed by atoms with Gasteiger partial charge in [0.15, 0.2) is 0 Å². The van der Waals surface area contributed by atoms with Crippen molar-refractivity contribution in [2.45, 2.75) is 46.1 Å². The van der Waals surface area contributed by atoms with E-state index in [4.69, 9.17) is 9.47 Å². The van der Waals surface area contributed by atoms with Gasteiger partial charge in [-0.15, -0.1) is 0 Å². The molecule has 0 amide bonds. The van der Waals surface area contributed by atoms with Crippen LogP contribution in [0, 0.1) is 6.92 Å². The summed E-state index contributed by atoms with van der Waals surface area (Å²) in [5.74, 6) is 0.575. The molecule has 30 heavy (non-hydrogen) atoms. The molecule has 0 saturated carbocycles. The first-order chi connectivity index (χ1) is 14.6. The maximum atomic E-state index is 12.5. The molecule has 156 valence electrons. The summed E-state index contributed by atoms with van der Waals surface area (Å²) in [6, 6.07) is 23.6. The first-order valence-electron chi connectivity index (χ1n) is 10.7. The van der Waals surface area contributed by atoms with E-state index in [0.29, 0.717) is 5.56 Å². The molecule has 0 heterocycles. The predicted molar refractivity (Wildman–Crippen MR) is 122 cm³/mol. The van der Waals surface area contributed by atoms with E-state index < -0.39 is 0 Å². The number of aryl methyl sites for hydroxylation is 1. The summed E-state index contributed by atoms with van der Waals surface area (Å²) < 4.78 is 11.4. The Balaban J connectivity index is 1.58. The number of unbranched alkanes of at least 4 members (excludes halogenated alkanes) is 2. The van der Waals surface area contributed by atoms with Gasteiger partial charge in [0, 0.05) is 0 Å². The largest absolute Gasteiger partial charge is 0.494 e. The molecule has 0 bridgehead atoms. The quantitative estimate of drug-likeness (QED) is 0.282. The second-order valence-electron chi connectivity index (χ2n) is 7.62. The minimum absolute atomic E-state index is 0.289. The van der Waals surface area contributed by atoms with Crippen molar-refractivity contribution in [3.05, 3.63) is 89.5 Å². The van der Waals surface area contributed by atoms with Crippen LogP contribution in [0.2, 0.25) is 0 Å². The van der Waals surface area contributed by atoms with Crippen molar-refractivity contribution < 1.29 is 14.3 Å². The Kier molecular flexibility index (Phi) is 7.67. The van der Waals surface area contributed by atoms with Gasteiger partial charge in [0.2, 0.25) is 0 Å². The first kappa shape index (κ1) is 21.6. The van der Waals surface area contributed by atoms with Gasteiger partial charge in [-0.2, -0.15) is 0 Å². The predicted octanol–water partition coefficient (Wildman–Crippen LogP) is 7.15. The lowest BCUT2D eigenvalue weighted by atomic mass is 10.0. The van der Waals surface area contributed by atoms with Gasteiger partial charge in [-0.3, -0.25) is 0 Å². The Morgan fingerprint density at radius 3 is 2.03 bits per heavy atom. The zero-order chi connectivity index (χ0) is 21.3. The highest BCUT2D eigenvalue weighted by atomic mass is 16.5. The third-order valence-corrected chi connectivity index (χ3v) is 5.16. The van der Waals surface area contributed by atoms with Crippen LogP contribution in [-0.4, -0.2) is 12.6 Å². The van der Waals surface area contributed by atoms with Gasteiger partial charge in [-0.1, -0.05) is 73.9 Å². The molecule has 0 aliphatic heterocycles. The molecule has 1 atom stereocenters. The number of ether oxygens (including phenoxy) is 2. The molecule has 0 fully saturated rings. The molecule has 0 N–H and O–H groups in total. The van der Waals surface area contributed by atoms with Crippen LogP contribution in [-0.2, 0) is 4.74 Å². The van der Waals surface area contributed by atoms with E-state index in [1.54, 1.807) is 0 Å². The van der Waals surface area contributed by atoms with E-state index in [1.807, 2.05) is 86.6 Å². The fourth-order valence-corrected chi connectivity index (χ4v) is 3.22. The third kappa shape index (κ3) is 5.96. The molecule has 1 unspecified atom stereocenters. The number of benzene rings is 3. The van der Waals surface area contributed by atoms with Crippen LogP contribution in [0.5, 0.6) is 5.75 Å². The average Bonchev–Trinajstić information content (AvgIpc) is 2.77. The zero-order valence-corrected chi connectivity index (χ0v) is 18.1. The highest BCUT2D eigenvalue weighted by Gasteiger charge is 2.14. The summed E-state index contributed by atoms with van der Waals surface area (Å²) in [5, 5.41) is 0. The third-order valence-electron chi connectivity index (χ3n) is 5.16. The summed E-state index contributed by atoms with van der Waals surface area (Å²) in [6.45, 7) is 6.87. The topological polar surface area (TPSA) is 35.5 Å². The molecule has 3 aromatic rings. The minimum Gasteiger partial charge on any atom is -0.494 e. The molecule has 3 rings (SSSR count). The van der Waals surface area contributed by atoms with E-state index in [2.05, 4.69) is 6.92 Å². The molecule has 0 saturated heterocycles. The van der Waals surface area contributed by atoms with Gasteiger partial charge in [0.05, 0.1) is 12.2 Å². The lowest BCUT2D eigenvalue weighted by Gasteiger charge is -2.14. The van der Waals surface area contributed by atoms with Gasteiger partial charge in [0.25, 0.3) is 0 Å². The molecule has 3 nitrogen and oxygen atoms in total. The molecule has 0 aromatic heterocycles. The van der Waals surface area contributed by atoms with E-state index in [1.165, 1.54) is 18.4 Å². The smallest absolute Gasteiger partial charge is 0.338 e. The second kappa shape index (κ2) is 10.6. The maximum absolute atomic E-state index is 12.5. The van der Waals surface area contributed by atoms with Gasteiger partial charge < -0.3 is 9.47 Å². The minimum atomic E-state index is -0.314. The average molecular weight is 403 g/mol. The number of carbonyl (C=O) groups excluding carboxylic acids is 1. The second-order valence-corrected chi connectivity index (χ2v) is 7.62. The molecule has 0 radical (unpaired) electrons. The van der Waals surface area contributed by atoms with Crippen LogP contribution in [0.4, 0.5) is 0 Å². The zero-order valence-electron chi connectivity index (χ0n) is 18.1. The molecule has 0 spiro atoms. The molecule has 3 aromatic carbocycles. The van der Waals surface area contributed by atoms with Gasteiger partial charge in [-0.25, -0.2) is 4.79 Å². The Labute approximate surface area is 179 Å². The Hall–Kier alpha value is -3.07. The molecular formula is C27H30O3. The van der Waals surface area contributed by atoms with Crippen LogP contribution < -0.4 is 4.74 Å². The Morgan fingerprint density at radius 1 is 0.833 bits per heavy atom. The normalized spacial score (nSPS) is 11.7. The van der Waals surface area contributed by atoms with Crippen molar-refractivity contribution in [2.24, 2.45) is 0 Å². The van der Waals surface area contributed by atoms with E-state index in [-0.39, 0.29) is 12.1 Å².